The number of amides is 1. The van der Waals surface area contributed by atoms with E-state index in [0.717, 1.165) is 37.9 Å². The van der Waals surface area contributed by atoms with Crippen LogP contribution in [0.5, 0.6) is 0 Å². The number of hydrogen-bond acceptors (Lipinski definition) is 5. The van der Waals surface area contributed by atoms with Gasteiger partial charge in [0, 0.05) is 51.4 Å². The summed E-state index contributed by atoms with van der Waals surface area (Å²) < 4.78 is 5.25. The van der Waals surface area contributed by atoms with Gasteiger partial charge < -0.3 is 14.2 Å². The minimum atomic E-state index is 0.181. The first-order valence-electron chi connectivity index (χ1n) is 7.15. The number of aromatic nitrogens is 2. The number of hydrogen-bond donors (Lipinski definition) is 0. The molecule has 1 aliphatic rings. The average Bonchev–Trinajstić information content (AvgIpc) is 3.07. The summed E-state index contributed by atoms with van der Waals surface area (Å²) in [5.41, 5.74) is 0. The second-order valence-corrected chi connectivity index (χ2v) is 5.00. The molecule has 1 aliphatic heterocycles. The highest BCUT2D eigenvalue weighted by Gasteiger charge is 2.22. The third-order valence-corrected chi connectivity index (χ3v) is 3.63. The van der Waals surface area contributed by atoms with E-state index in [1.54, 1.807) is 24.7 Å². The first-order valence-corrected chi connectivity index (χ1v) is 7.15. The van der Waals surface area contributed by atoms with Crippen LogP contribution in [-0.4, -0.2) is 47.0 Å². The second kappa shape index (κ2) is 6.39. The molecule has 0 saturated carbocycles. The molecule has 1 amide bonds. The molecule has 3 heterocycles. The summed E-state index contributed by atoms with van der Waals surface area (Å²) in [6.07, 6.45) is 6.27. The first kappa shape index (κ1) is 13.6. The van der Waals surface area contributed by atoms with Crippen molar-refractivity contribution in [3.05, 3.63) is 42.6 Å². The normalized spacial score (nSPS) is 15.2. The van der Waals surface area contributed by atoms with Crippen LogP contribution in [0.2, 0.25) is 0 Å². The molecule has 0 aromatic carbocycles. The van der Waals surface area contributed by atoms with Crippen LogP contribution in [0.1, 0.15) is 12.2 Å². The van der Waals surface area contributed by atoms with Crippen LogP contribution in [0.15, 0.2) is 41.3 Å². The largest absolute Gasteiger partial charge is 0.469 e. The predicted molar refractivity (Wildman–Crippen MR) is 77.9 cm³/mol. The third kappa shape index (κ3) is 3.39. The SMILES string of the molecule is O=C(CCc1ccco1)N1CCN(c2ncccn2)CC1. The van der Waals surface area contributed by atoms with Gasteiger partial charge in [0.15, 0.2) is 0 Å². The molecule has 0 aliphatic carbocycles. The molecule has 0 radical (unpaired) electrons. The average molecular weight is 286 g/mol. The van der Waals surface area contributed by atoms with Crippen LogP contribution >= 0.6 is 0 Å². The van der Waals surface area contributed by atoms with E-state index in [2.05, 4.69) is 14.9 Å². The molecule has 2 aromatic rings. The molecule has 110 valence electrons. The molecule has 6 heteroatoms. The van der Waals surface area contributed by atoms with Crippen molar-refractivity contribution in [3.8, 4) is 0 Å². The summed E-state index contributed by atoms with van der Waals surface area (Å²) in [6.45, 7) is 2.98. The molecule has 1 fully saturated rings. The Morgan fingerprint density at radius 2 is 1.90 bits per heavy atom. The minimum Gasteiger partial charge on any atom is -0.469 e. The summed E-state index contributed by atoms with van der Waals surface area (Å²) in [4.78, 5) is 24.7. The van der Waals surface area contributed by atoms with Gasteiger partial charge in [-0.05, 0) is 18.2 Å². The quantitative estimate of drug-likeness (QED) is 0.849. The highest BCUT2D eigenvalue weighted by molar-refractivity contribution is 5.76. The zero-order valence-electron chi connectivity index (χ0n) is 11.8. The number of piperazine rings is 1. The molecular formula is C15H18N4O2. The standard InChI is InChI=1S/C15H18N4O2/c20-14(5-4-13-3-1-12-21-13)18-8-10-19(11-9-18)15-16-6-2-7-17-15/h1-3,6-7,12H,4-5,8-11H2. The highest BCUT2D eigenvalue weighted by Crippen LogP contribution is 2.11. The molecule has 0 atom stereocenters. The lowest BCUT2D eigenvalue weighted by atomic mass is 10.2. The number of carbonyl (C=O) groups is 1. The number of nitrogens with zero attached hydrogens (tertiary/aromatic N) is 4. The summed E-state index contributed by atoms with van der Waals surface area (Å²) in [6, 6.07) is 5.55. The van der Waals surface area contributed by atoms with Crippen molar-refractivity contribution in [2.75, 3.05) is 31.1 Å². The molecule has 0 N–H and O–H groups in total. The van der Waals surface area contributed by atoms with Crippen LogP contribution in [-0.2, 0) is 11.2 Å². The van der Waals surface area contributed by atoms with Gasteiger partial charge in [-0.3, -0.25) is 4.79 Å². The van der Waals surface area contributed by atoms with Gasteiger partial charge in [-0.1, -0.05) is 0 Å². The minimum absolute atomic E-state index is 0.181. The van der Waals surface area contributed by atoms with Crippen molar-refractivity contribution < 1.29 is 9.21 Å². The lowest BCUT2D eigenvalue weighted by molar-refractivity contribution is -0.131. The highest BCUT2D eigenvalue weighted by atomic mass is 16.3. The van der Waals surface area contributed by atoms with Crippen molar-refractivity contribution in [2.45, 2.75) is 12.8 Å². The lowest BCUT2D eigenvalue weighted by Crippen LogP contribution is -2.49. The van der Waals surface area contributed by atoms with E-state index in [9.17, 15) is 4.79 Å². The molecule has 1 saturated heterocycles. The van der Waals surface area contributed by atoms with Crippen LogP contribution < -0.4 is 4.90 Å². The van der Waals surface area contributed by atoms with E-state index >= 15 is 0 Å². The number of rotatable bonds is 4. The fourth-order valence-electron chi connectivity index (χ4n) is 2.45. The van der Waals surface area contributed by atoms with Gasteiger partial charge in [0.1, 0.15) is 5.76 Å². The van der Waals surface area contributed by atoms with E-state index in [-0.39, 0.29) is 5.91 Å². The molecule has 6 nitrogen and oxygen atoms in total. The molecule has 2 aromatic heterocycles. The van der Waals surface area contributed by atoms with Gasteiger partial charge in [-0.15, -0.1) is 0 Å². The maximum Gasteiger partial charge on any atom is 0.225 e. The monoisotopic (exact) mass is 286 g/mol. The smallest absolute Gasteiger partial charge is 0.225 e. The fourth-order valence-corrected chi connectivity index (χ4v) is 2.45. The van der Waals surface area contributed by atoms with E-state index in [0.29, 0.717) is 12.8 Å². The molecular weight excluding hydrogens is 268 g/mol. The third-order valence-electron chi connectivity index (χ3n) is 3.63. The van der Waals surface area contributed by atoms with Crippen molar-refractivity contribution in [2.24, 2.45) is 0 Å². The molecule has 0 spiro atoms. The Morgan fingerprint density at radius 3 is 2.57 bits per heavy atom. The maximum atomic E-state index is 12.2. The van der Waals surface area contributed by atoms with Crippen molar-refractivity contribution in [1.29, 1.82) is 0 Å². The number of aryl methyl sites for hydroxylation is 1. The maximum absolute atomic E-state index is 12.2. The zero-order valence-corrected chi connectivity index (χ0v) is 11.8. The fraction of sp³-hybridized carbons (Fsp3) is 0.400. The number of anilines is 1. The van der Waals surface area contributed by atoms with Gasteiger partial charge in [0.05, 0.1) is 6.26 Å². The Labute approximate surface area is 123 Å². The summed E-state index contributed by atoms with van der Waals surface area (Å²) in [5, 5.41) is 0. The van der Waals surface area contributed by atoms with Crippen LogP contribution in [0.4, 0.5) is 5.95 Å². The Hall–Kier alpha value is -2.37. The lowest BCUT2D eigenvalue weighted by Gasteiger charge is -2.34. The first-order chi connectivity index (χ1) is 10.3. The van der Waals surface area contributed by atoms with Gasteiger partial charge in [-0.25, -0.2) is 9.97 Å². The van der Waals surface area contributed by atoms with Crippen molar-refractivity contribution in [3.63, 3.8) is 0 Å². The van der Waals surface area contributed by atoms with E-state index in [1.165, 1.54) is 0 Å². The topological polar surface area (TPSA) is 62.5 Å². The Balaban J connectivity index is 1.48. The van der Waals surface area contributed by atoms with E-state index < -0.39 is 0 Å². The van der Waals surface area contributed by atoms with Crippen LogP contribution in [0, 0.1) is 0 Å². The Morgan fingerprint density at radius 1 is 1.14 bits per heavy atom. The van der Waals surface area contributed by atoms with Crippen molar-refractivity contribution >= 4 is 11.9 Å². The van der Waals surface area contributed by atoms with Gasteiger partial charge >= 0.3 is 0 Å². The molecule has 3 rings (SSSR count). The number of carbonyl (C=O) groups excluding carboxylic acids is 1. The predicted octanol–water partition coefficient (Wildman–Crippen LogP) is 1.35. The summed E-state index contributed by atoms with van der Waals surface area (Å²) in [7, 11) is 0. The van der Waals surface area contributed by atoms with Gasteiger partial charge in [0.25, 0.3) is 0 Å². The number of furan rings is 1. The zero-order chi connectivity index (χ0) is 14.5. The molecule has 21 heavy (non-hydrogen) atoms. The molecule has 0 unspecified atom stereocenters. The van der Waals surface area contributed by atoms with E-state index in [1.807, 2.05) is 17.0 Å². The van der Waals surface area contributed by atoms with Gasteiger partial charge in [-0.2, -0.15) is 0 Å². The van der Waals surface area contributed by atoms with Crippen LogP contribution in [0.25, 0.3) is 0 Å². The van der Waals surface area contributed by atoms with Crippen molar-refractivity contribution in [1.82, 2.24) is 14.9 Å². The summed E-state index contributed by atoms with van der Waals surface area (Å²) in [5.74, 6) is 1.78. The second-order valence-electron chi connectivity index (χ2n) is 5.00. The Kier molecular flexibility index (Phi) is 4.14. The molecule has 0 bridgehead atoms. The Bertz CT molecular complexity index is 563. The van der Waals surface area contributed by atoms with E-state index in [4.69, 9.17) is 4.42 Å². The summed E-state index contributed by atoms with van der Waals surface area (Å²) >= 11 is 0. The van der Waals surface area contributed by atoms with Gasteiger partial charge in [0.2, 0.25) is 11.9 Å². The van der Waals surface area contributed by atoms with Crippen LogP contribution in [0.3, 0.4) is 0 Å².